The minimum Gasteiger partial charge on any atom is -0.311 e. The molecule has 0 radical (unpaired) electrons. The van der Waals surface area contributed by atoms with Crippen LogP contribution >= 0.6 is 0 Å². The number of ketones is 1. The van der Waals surface area contributed by atoms with Gasteiger partial charge in [0.1, 0.15) is 0 Å². The van der Waals surface area contributed by atoms with Gasteiger partial charge in [0, 0.05) is 24.6 Å². The molecule has 3 aromatic rings. The maximum absolute atomic E-state index is 13.1. The first-order valence-electron chi connectivity index (χ1n) is 9.40. The van der Waals surface area contributed by atoms with Crippen molar-refractivity contribution in [3.05, 3.63) is 107 Å². The number of nitrogens with zero attached hydrogens (tertiary/aromatic N) is 1. The third-order valence-electron chi connectivity index (χ3n) is 4.86. The van der Waals surface area contributed by atoms with Crippen LogP contribution in [-0.4, -0.2) is 18.7 Å². The number of benzene rings is 3. The number of fused-ring (bicyclic) bond motifs is 1. The number of hydrogen-bond donors (Lipinski definition) is 0. The summed E-state index contributed by atoms with van der Waals surface area (Å²) < 4.78 is 0. The van der Waals surface area contributed by atoms with Crippen LogP contribution in [0.25, 0.3) is 6.08 Å². The monoisotopic (exact) mass is 377 g/mol. The average molecular weight is 377 g/mol. The molecular weight excluding hydrogens is 358 g/mol. The zero-order chi connectivity index (χ0) is 20.2. The van der Waals surface area contributed by atoms with Gasteiger partial charge in [0.2, 0.25) is 5.78 Å². The van der Waals surface area contributed by atoms with E-state index in [1.807, 2.05) is 66.7 Å². The first-order chi connectivity index (χ1) is 14.1. The van der Waals surface area contributed by atoms with Crippen molar-refractivity contribution in [2.45, 2.75) is 6.42 Å². The van der Waals surface area contributed by atoms with Crippen molar-refractivity contribution < 1.29 is 9.59 Å². The number of amides is 1. The van der Waals surface area contributed by atoms with Crippen molar-refractivity contribution in [2.75, 3.05) is 11.9 Å². The molecule has 0 atom stereocenters. The molecule has 1 heterocycles. The van der Waals surface area contributed by atoms with Gasteiger partial charge in [-0.2, -0.15) is 0 Å². The molecule has 3 aromatic carbocycles. The van der Waals surface area contributed by atoms with E-state index in [1.165, 1.54) is 4.90 Å². The van der Waals surface area contributed by atoms with Gasteiger partial charge in [-0.15, -0.1) is 0 Å². The van der Waals surface area contributed by atoms with Crippen LogP contribution in [0.3, 0.4) is 0 Å². The Morgan fingerprint density at radius 2 is 1.59 bits per heavy atom. The molecular formula is C26H19NO2. The molecule has 0 saturated carbocycles. The highest BCUT2D eigenvalue weighted by Gasteiger charge is 2.32. The van der Waals surface area contributed by atoms with Gasteiger partial charge in [-0.1, -0.05) is 72.5 Å². The van der Waals surface area contributed by atoms with Crippen molar-refractivity contribution >= 4 is 23.5 Å². The summed E-state index contributed by atoms with van der Waals surface area (Å²) in [6.45, 7) is 0. The molecule has 29 heavy (non-hydrogen) atoms. The van der Waals surface area contributed by atoms with E-state index >= 15 is 0 Å². The zero-order valence-corrected chi connectivity index (χ0v) is 16.1. The highest BCUT2D eigenvalue weighted by atomic mass is 16.2. The summed E-state index contributed by atoms with van der Waals surface area (Å²) >= 11 is 0. The maximum atomic E-state index is 13.1. The Morgan fingerprint density at radius 3 is 2.31 bits per heavy atom. The number of rotatable bonds is 2. The molecule has 0 fully saturated rings. The van der Waals surface area contributed by atoms with E-state index in [0.717, 1.165) is 16.7 Å². The van der Waals surface area contributed by atoms with Crippen molar-refractivity contribution in [2.24, 2.45) is 0 Å². The fourth-order valence-corrected chi connectivity index (χ4v) is 3.31. The second kappa shape index (κ2) is 8.00. The molecule has 140 valence electrons. The Bertz CT molecular complexity index is 1170. The molecule has 0 aromatic heterocycles. The van der Waals surface area contributed by atoms with Crippen LogP contribution in [0.4, 0.5) is 5.69 Å². The number of carbonyl (C=O) groups is 2. The van der Waals surface area contributed by atoms with Crippen LogP contribution in [0.2, 0.25) is 0 Å². The summed E-state index contributed by atoms with van der Waals surface area (Å²) in [5, 5.41) is 0. The van der Waals surface area contributed by atoms with Gasteiger partial charge in [0.15, 0.2) is 0 Å². The van der Waals surface area contributed by atoms with Crippen LogP contribution in [0, 0.1) is 11.8 Å². The van der Waals surface area contributed by atoms with Crippen LogP contribution < -0.4 is 4.90 Å². The maximum Gasteiger partial charge on any atom is 0.262 e. The van der Waals surface area contributed by atoms with Crippen LogP contribution in [0.5, 0.6) is 0 Å². The van der Waals surface area contributed by atoms with Crippen molar-refractivity contribution in [1.82, 2.24) is 0 Å². The Morgan fingerprint density at radius 1 is 0.897 bits per heavy atom. The molecule has 3 heteroatoms. The van der Waals surface area contributed by atoms with E-state index in [4.69, 9.17) is 0 Å². The van der Waals surface area contributed by atoms with Crippen molar-refractivity contribution in [3.63, 3.8) is 0 Å². The largest absolute Gasteiger partial charge is 0.311 e. The van der Waals surface area contributed by atoms with E-state index < -0.39 is 0 Å². The smallest absolute Gasteiger partial charge is 0.262 e. The Hall–Kier alpha value is -3.90. The van der Waals surface area contributed by atoms with Gasteiger partial charge in [0.05, 0.1) is 11.3 Å². The summed E-state index contributed by atoms with van der Waals surface area (Å²) in [6, 6.07) is 24.8. The van der Waals surface area contributed by atoms with E-state index in [9.17, 15) is 9.59 Å². The summed E-state index contributed by atoms with van der Waals surface area (Å²) in [6.07, 6.45) is 2.29. The molecule has 0 bridgehead atoms. The van der Waals surface area contributed by atoms with Gasteiger partial charge in [0.25, 0.3) is 5.91 Å². The molecule has 4 rings (SSSR count). The Kier molecular flexibility index (Phi) is 5.09. The standard InChI is InChI=1S/C26H19NO2/c1-27-24-16-15-21(14-8-13-19-9-4-2-5-10-19)17-22(24)25(28)23(26(27)29)18-20-11-6-3-7-12-20/h2-7,9-12,15-18H,13H2,1H3/b23-18+. The second-order valence-corrected chi connectivity index (χ2v) is 6.86. The summed E-state index contributed by atoms with van der Waals surface area (Å²) in [5.74, 6) is 5.72. The highest BCUT2D eigenvalue weighted by molar-refractivity contribution is 6.36. The fourth-order valence-electron chi connectivity index (χ4n) is 3.31. The third kappa shape index (κ3) is 3.88. The SMILES string of the molecule is CN1C(=O)/C(=C/c2ccccc2)C(=O)c2cc(C#CCc3ccccc3)ccc21. The van der Waals surface area contributed by atoms with E-state index in [1.54, 1.807) is 25.3 Å². The lowest BCUT2D eigenvalue weighted by atomic mass is 9.92. The molecule has 1 aliphatic heterocycles. The average Bonchev–Trinajstić information content (AvgIpc) is 2.76. The van der Waals surface area contributed by atoms with E-state index in [-0.39, 0.29) is 17.3 Å². The predicted molar refractivity (Wildman–Crippen MR) is 116 cm³/mol. The molecule has 0 unspecified atom stereocenters. The van der Waals surface area contributed by atoms with E-state index in [0.29, 0.717) is 17.7 Å². The van der Waals surface area contributed by atoms with Gasteiger partial charge in [-0.3, -0.25) is 9.59 Å². The first-order valence-corrected chi connectivity index (χ1v) is 9.40. The number of hydrogen-bond acceptors (Lipinski definition) is 2. The van der Waals surface area contributed by atoms with Crippen LogP contribution in [0.15, 0.2) is 84.4 Å². The summed E-state index contributed by atoms with van der Waals surface area (Å²) in [4.78, 5) is 27.3. The number of likely N-dealkylation sites (N-methyl/N-ethyl adjacent to an activating group) is 1. The first kappa shape index (κ1) is 18.5. The number of Topliss-reactive ketones (excluding diaryl/α,β-unsaturated/α-hetero) is 1. The second-order valence-electron chi connectivity index (χ2n) is 6.86. The topological polar surface area (TPSA) is 37.4 Å². The summed E-state index contributed by atoms with van der Waals surface area (Å²) in [7, 11) is 1.69. The van der Waals surface area contributed by atoms with Crippen molar-refractivity contribution in [3.8, 4) is 11.8 Å². The number of carbonyl (C=O) groups excluding carboxylic acids is 2. The Balaban J connectivity index is 1.66. The zero-order valence-electron chi connectivity index (χ0n) is 16.1. The minimum absolute atomic E-state index is 0.167. The molecule has 0 saturated heterocycles. The third-order valence-corrected chi connectivity index (χ3v) is 4.86. The van der Waals surface area contributed by atoms with Gasteiger partial charge < -0.3 is 4.90 Å². The summed E-state index contributed by atoms with van der Waals surface area (Å²) in [5.41, 5.74) is 4.00. The van der Waals surface area contributed by atoms with Gasteiger partial charge in [-0.05, 0) is 35.4 Å². The lowest BCUT2D eigenvalue weighted by Crippen LogP contribution is -2.36. The predicted octanol–water partition coefficient (Wildman–Crippen LogP) is 4.52. The molecule has 1 amide bonds. The van der Waals surface area contributed by atoms with Gasteiger partial charge in [-0.25, -0.2) is 0 Å². The fraction of sp³-hybridized carbons (Fsp3) is 0.0769. The van der Waals surface area contributed by atoms with Crippen LogP contribution in [-0.2, 0) is 11.2 Å². The van der Waals surface area contributed by atoms with Gasteiger partial charge >= 0.3 is 0 Å². The molecule has 0 N–H and O–H groups in total. The van der Waals surface area contributed by atoms with Crippen LogP contribution in [0.1, 0.15) is 27.0 Å². The molecule has 0 aliphatic carbocycles. The molecule has 1 aliphatic rings. The van der Waals surface area contributed by atoms with E-state index in [2.05, 4.69) is 11.8 Å². The molecule has 3 nitrogen and oxygen atoms in total. The Labute approximate surface area is 170 Å². The normalized spacial score (nSPS) is 14.4. The minimum atomic E-state index is -0.297. The molecule has 0 spiro atoms. The van der Waals surface area contributed by atoms with Crippen molar-refractivity contribution in [1.29, 1.82) is 0 Å². The quantitative estimate of drug-likeness (QED) is 0.374. The lowest BCUT2D eigenvalue weighted by Gasteiger charge is -2.26. The highest BCUT2D eigenvalue weighted by Crippen LogP contribution is 2.31. The number of anilines is 1. The lowest BCUT2D eigenvalue weighted by molar-refractivity contribution is -0.114.